The molecule has 2 rings (SSSR count). The molecule has 1 aromatic heterocycles. The van der Waals surface area contributed by atoms with Crippen LogP contribution in [0.15, 0.2) is 36.7 Å². The molecule has 0 aliphatic heterocycles. The van der Waals surface area contributed by atoms with Crippen molar-refractivity contribution in [2.75, 3.05) is 12.0 Å². The van der Waals surface area contributed by atoms with Gasteiger partial charge in [0, 0.05) is 30.7 Å². The molecule has 1 heterocycles. The number of aromatic nitrogens is 1. The number of benzene rings is 1. The molecule has 0 fully saturated rings. The zero-order valence-electron chi connectivity index (χ0n) is 10.1. The third-order valence-corrected chi connectivity index (χ3v) is 2.43. The summed E-state index contributed by atoms with van der Waals surface area (Å²) in [6.07, 6.45) is 3.81. The molecule has 0 atom stereocenters. The Morgan fingerprint density at radius 3 is 3.05 bits per heavy atom. The number of amides is 1. The summed E-state index contributed by atoms with van der Waals surface area (Å²) in [6, 6.07) is 7.36. The molecule has 0 saturated heterocycles. The van der Waals surface area contributed by atoms with Gasteiger partial charge in [0.05, 0.1) is 5.69 Å². The average molecular weight is 259 g/mol. The first-order chi connectivity index (χ1) is 9.29. The Kier molecular flexibility index (Phi) is 4.28. The first kappa shape index (κ1) is 12.8. The predicted octanol–water partition coefficient (Wildman–Crippen LogP) is 1.88. The van der Waals surface area contributed by atoms with Crippen LogP contribution in [0.4, 0.5) is 10.5 Å². The Balaban J connectivity index is 1.90. The summed E-state index contributed by atoms with van der Waals surface area (Å²) in [7, 11) is 0. The summed E-state index contributed by atoms with van der Waals surface area (Å²) >= 11 is 0. The summed E-state index contributed by atoms with van der Waals surface area (Å²) < 4.78 is 0. The number of hydrogen-bond donors (Lipinski definition) is 2. The maximum atomic E-state index is 11.2. The molecule has 0 unspecified atom stereocenters. The minimum atomic E-state index is -0.628. The molecule has 2 N–H and O–H groups in total. The van der Waals surface area contributed by atoms with Crippen LogP contribution in [0.2, 0.25) is 0 Å². The van der Waals surface area contributed by atoms with Crippen molar-refractivity contribution in [3.8, 4) is 0 Å². The number of anilines is 1. The first-order valence-electron chi connectivity index (χ1n) is 5.77. The topological polar surface area (TPSA) is 80.3 Å². The van der Waals surface area contributed by atoms with E-state index in [9.17, 15) is 9.59 Å². The number of fused-ring (bicyclic) bond motifs is 1. The van der Waals surface area contributed by atoms with Gasteiger partial charge in [-0.05, 0) is 23.6 Å². The number of pyridine rings is 1. The molecular formula is C13H13N3O3. The second kappa shape index (κ2) is 6.34. The normalized spacial score (nSPS) is 9.89. The summed E-state index contributed by atoms with van der Waals surface area (Å²) in [4.78, 5) is 30.1. The van der Waals surface area contributed by atoms with Crippen molar-refractivity contribution < 1.29 is 14.4 Å². The standard InChI is InChI=1S/C13H13N3O3/c17-7-1-5-15-13(18)19-16-12-3-2-11-9-14-6-4-10(11)8-12/h2-4,6-9,16H,1,5H2,(H,15,18). The summed E-state index contributed by atoms with van der Waals surface area (Å²) in [6.45, 7) is 0.257. The fourth-order valence-corrected chi connectivity index (χ4v) is 1.52. The van der Waals surface area contributed by atoms with Crippen LogP contribution in [0.5, 0.6) is 0 Å². The molecule has 0 spiro atoms. The van der Waals surface area contributed by atoms with Gasteiger partial charge < -0.3 is 14.9 Å². The number of hydrogen-bond acceptors (Lipinski definition) is 5. The largest absolute Gasteiger partial charge is 0.431 e. The Hall–Kier alpha value is -2.63. The molecule has 0 bridgehead atoms. The summed E-state index contributed by atoms with van der Waals surface area (Å²) in [5.41, 5.74) is 3.20. The summed E-state index contributed by atoms with van der Waals surface area (Å²) in [5, 5.41) is 4.42. The van der Waals surface area contributed by atoms with Crippen molar-refractivity contribution in [2.45, 2.75) is 6.42 Å². The first-order valence-corrected chi connectivity index (χ1v) is 5.77. The van der Waals surface area contributed by atoms with E-state index < -0.39 is 6.09 Å². The molecule has 1 aromatic carbocycles. The van der Waals surface area contributed by atoms with E-state index in [1.807, 2.05) is 18.2 Å². The van der Waals surface area contributed by atoms with Gasteiger partial charge in [-0.2, -0.15) is 0 Å². The SMILES string of the molecule is O=CCCNC(=O)ONc1ccc2cnccc2c1. The highest BCUT2D eigenvalue weighted by molar-refractivity contribution is 5.84. The highest BCUT2D eigenvalue weighted by atomic mass is 16.7. The molecular weight excluding hydrogens is 246 g/mol. The van der Waals surface area contributed by atoms with Gasteiger partial charge in [0.15, 0.2) is 0 Å². The van der Waals surface area contributed by atoms with E-state index in [0.717, 1.165) is 17.1 Å². The quantitative estimate of drug-likeness (QED) is 0.487. The number of rotatable bonds is 5. The van der Waals surface area contributed by atoms with E-state index in [1.165, 1.54) is 0 Å². The molecule has 98 valence electrons. The Morgan fingerprint density at radius 2 is 2.21 bits per heavy atom. The van der Waals surface area contributed by atoms with Crippen LogP contribution in [0.1, 0.15) is 6.42 Å². The van der Waals surface area contributed by atoms with Crippen molar-refractivity contribution in [1.82, 2.24) is 10.3 Å². The Bertz CT molecular complexity index is 586. The van der Waals surface area contributed by atoms with Crippen LogP contribution < -0.4 is 10.8 Å². The predicted molar refractivity (Wildman–Crippen MR) is 70.5 cm³/mol. The van der Waals surface area contributed by atoms with Crippen molar-refractivity contribution in [2.24, 2.45) is 0 Å². The van der Waals surface area contributed by atoms with Crippen LogP contribution >= 0.6 is 0 Å². The third-order valence-electron chi connectivity index (χ3n) is 2.43. The molecule has 0 radical (unpaired) electrons. The maximum absolute atomic E-state index is 11.2. The van der Waals surface area contributed by atoms with Crippen LogP contribution in [0.25, 0.3) is 10.8 Å². The third kappa shape index (κ3) is 3.67. The van der Waals surface area contributed by atoms with Crippen molar-refractivity contribution >= 4 is 28.8 Å². The number of carbonyl (C=O) groups is 2. The van der Waals surface area contributed by atoms with E-state index in [2.05, 4.69) is 15.8 Å². The van der Waals surface area contributed by atoms with Crippen LogP contribution in [0.3, 0.4) is 0 Å². The maximum Gasteiger partial charge on any atom is 0.431 e. The van der Waals surface area contributed by atoms with Crippen LogP contribution in [-0.2, 0) is 9.63 Å². The summed E-state index contributed by atoms with van der Waals surface area (Å²) in [5.74, 6) is 0. The number of carbonyl (C=O) groups excluding carboxylic acids is 2. The lowest BCUT2D eigenvalue weighted by Crippen LogP contribution is -2.27. The Labute approximate surface area is 109 Å². The van der Waals surface area contributed by atoms with Gasteiger partial charge in [0.1, 0.15) is 6.29 Å². The molecule has 1 amide bonds. The minimum absolute atomic E-state index is 0.257. The highest BCUT2D eigenvalue weighted by Crippen LogP contribution is 2.17. The molecule has 0 aliphatic rings. The Morgan fingerprint density at radius 1 is 1.32 bits per heavy atom. The zero-order valence-corrected chi connectivity index (χ0v) is 10.1. The molecule has 0 saturated carbocycles. The van der Waals surface area contributed by atoms with E-state index in [0.29, 0.717) is 5.69 Å². The lowest BCUT2D eigenvalue weighted by atomic mass is 10.2. The molecule has 19 heavy (non-hydrogen) atoms. The number of nitrogens with zero attached hydrogens (tertiary/aromatic N) is 1. The highest BCUT2D eigenvalue weighted by Gasteiger charge is 2.02. The smallest absolute Gasteiger partial charge is 0.324 e. The fourth-order valence-electron chi connectivity index (χ4n) is 1.52. The van der Waals surface area contributed by atoms with E-state index >= 15 is 0 Å². The monoisotopic (exact) mass is 259 g/mol. The van der Waals surface area contributed by atoms with Gasteiger partial charge in [-0.3, -0.25) is 4.98 Å². The second-order valence-corrected chi connectivity index (χ2v) is 3.81. The van der Waals surface area contributed by atoms with Gasteiger partial charge in [-0.1, -0.05) is 6.07 Å². The van der Waals surface area contributed by atoms with Gasteiger partial charge >= 0.3 is 6.09 Å². The lowest BCUT2D eigenvalue weighted by Gasteiger charge is -2.08. The van der Waals surface area contributed by atoms with Crippen LogP contribution in [0, 0.1) is 0 Å². The van der Waals surface area contributed by atoms with E-state index in [-0.39, 0.29) is 13.0 Å². The fraction of sp³-hybridized carbons (Fsp3) is 0.154. The van der Waals surface area contributed by atoms with Gasteiger partial charge in [0.2, 0.25) is 0 Å². The minimum Gasteiger partial charge on any atom is -0.324 e. The average Bonchev–Trinajstić information content (AvgIpc) is 2.45. The van der Waals surface area contributed by atoms with Crippen LogP contribution in [-0.4, -0.2) is 23.9 Å². The van der Waals surface area contributed by atoms with Crippen molar-refractivity contribution in [1.29, 1.82) is 0 Å². The zero-order chi connectivity index (χ0) is 13.5. The molecule has 0 aliphatic carbocycles. The number of nitrogens with one attached hydrogen (secondary N) is 2. The van der Waals surface area contributed by atoms with Gasteiger partial charge in [-0.15, -0.1) is 0 Å². The number of aldehydes is 1. The van der Waals surface area contributed by atoms with E-state index in [4.69, 9.17) is 4.84 Å². The lowest BCUT2D eigenvalue weighted by molar-refractivity contribution is -0.107. The second-order valence-electron chi connectivity index (χ2n) is 3.81. The molecule has 6 heteroatoms. The molecule has 6 nitrogen and oxygen atoms in total. The van der Waals surface area contributed by atoms with Crippen molar-refractivity contribution in [3.05, 3.63) is 36.7 Å². The van der Waals surface area contributed by atoms with Gasteiger partial charge in [-0.25, -0.2) is 10.3 Å². The van der Waals surface area contributed by atoms with E-state index in [1.54, 1.807) is 18.5 Å². The molecule has 2 aromatic rings. The van der Waals surface area contributed by atoms with Gasteiger partial charge in [0.25, 0.3) is 0 Å². The van der Waals surface area contributed by atoms with Crippen molar-refractivity contribution in [3.63, 3.8) is 0 Å².